The molecule has 1 heterocycles. The van der Waals surface area contributed by atoms with Gasteiger partial charge in [-0.05, 0) is 11.4 Å². The van der Waals surface area contributed by atoms with Gasteiger partial charge in [-0.25, -0.2) is 0 Å². The zero-order valence-electron chi connectivity index (χ0n) is 6.34. The maximum atomic E-state index is 11.2. The van der Waals surface area contributed by atoms with Crippen molar-refractivity contribution in [3.8, 4) is 0 Å². The van der Waals surface area contributed by atoms with Crippen molar-refractivity contribution in [2.24, 2.45) is 0 Å². The summed E-state index contributed by atoms with van der Waals surface area (Å²) in [4.78, 5) is 12.0. The van der Waals surface area contributed by atoms with Crippen molar-refractivity contribution in [3.63, 3.8) is 0 Å². The van der Waals surface area contributed by atoms with Crippen LogP contribution in [0.15, 0.2) is 28.6 Å². The molecule has 0 aliphatic heterocycles. The topological polar surface area (TPSA) is 29.1 Å². The number of rotatable bonds is 3. The molecule has 0 radical (unpaired) electrons. The van der Waals surface area contributed by atoms with Crippen LogP contribution in [0.25, 0.3) is 0 Å². The molecule has 0 saturated carbocycles. The molecule has 1 aromatic rings. The molecule has 1 N–H and O–H groups in total. The van der Waals surface area contributed by atoms with Crippen molar-refractivity contribution in [1.82, 2.24) is 5.32 Å². The Labute approximate surface area is 83.4 Å². The lowest BCUT2D eigenvalue weighted by atomic mass is 10.4. The standard InChI is InChI=1S/C8H8BrNOS/c1-6(9)5-10-8(11)7-3-2-4-12-7/h2-4H,1,5H2,(H,10,11). The van der Waals surface area contributed by atoms with Crippen LogP contribution in [0.4, 0.5) is 0 Å². The highest BCUT2D eigenvalue weighted by Crippen LogP contribution is 2.08. The third-order valence-corrected chi connectivity index (χ3v) is 2.33. The van der Waals surface area contributed by atoms with Crippen molar-refractivity contribution < 1.29 is 4.79 Å². The number of hydrogen-bond acceptors (Lipinski definition) is 2. The average molecular weight is 246 g/mol. The summed E-state index contributed by atoms with van der Waals surface area (Å²) in [5.74, 6) is -0.0504. The van der Waals surface area contributed by atoms with Gasteiger partial charge in [0, 0.05) is 11.0 Å². The predicted molar refractivity (Wildman–Crippen MR) is 54.7 cm³/mol. The lowest BCUT2D eigenvalue weighted by molar-refractivity contribution is 0.0962. The molecule has 0 saturated heterocycles. The van der Waals surface area contributed by atoms with Gasteiger partial charge in [0.15, 0.2) is 0 Å². The molecule has 64 valence electrons. The van der Waals surface area contributed by atoms with Gasteiger partial charge >= 0.3 is 0 Å². The Bertz CT molecular complexity index is 281. The molecular formula is C8H8BrNOS. The fraction of sp³-hybridized carbons (Fsp3) is 0.125. The molecule has 1 rings (SSSR count). The Kier molecular flexibility index (Phi) is 3.49. The Morgan fingerprint density at radius 2 is 2.50 bits per heavy atom. The minimum Gasteiger partial charge on any atom is -0.347 e. The monoisotopic (exact) mass is 245 g/mol. The molecule has 4 heteroatoms. The van der Waals surface area contributed by atoms with Crippen LogP contribution in [0, 0.1) is 0 Å². The molecule has 0 fully saturated rings. The molecule has 1 aromatic heterocycles. The number of carbonyl (C=O) groups excluding carboxylic acids is 1. The van der Waals surface area contributed by atoms with Crippen LogP contribution in [0.5, 0.6) is 0 Å². The van der Waals surface area contributed by atoms with E-state index >= 15 is 0 Å². The van der Waals surface area contributed by atoms with E-state index < -0.39 is 0 Å². The fourth-order valence-corrected chi connectivity index (χ4v) is 1.45. The minimum atomic E-state index is -0.0504. The number of carbonyl (C=O) groups is 1. The van der Waals surface area contributed by atoms with Crippen LogP contribution in [0.1, 0.15) is 9.67 Å². The van der Waals surface area contributed by atoms with Gasteiger partial charge < -0.3 is 5.32 Å². The first-order valence-corrected chi connectivity index (χ1v) is 5.02. The lowest BCUT2D eigenvalue weighted by Gasteiger charge is -2.00. The van der Waals surface area contributed by atoms with Crippen LogP contribution in [0.3, 0.4) is 0 Å². The van der Waals surface area contributed by atoms with Crippen LogP contribution in [-0.2, 0) is 0 Å². The molecule has 0 bridgehead atoms. The molecule has 2 nitrogen and oxygen atoms in total. The Morgan fingerprint density at radius 1 is 1.75 bits per heavy atom. The Hall–Kier alpha value is -0.610. The maximum Gasteiger partial charge on any atom is 0.261 e. The normalized spacial score (nSPS) is 9.42. The number of amides is 1. The number of halogens is 1. The summed E-state index contributed by atoms with van der Waals surface area (Å²) >= 11 is 4.59. The zero-order valence-corrected chi connectivity index (χ0v) is 8.74. The van der Waals surface area contributed by atoms with E-state index in [0.717, 1.165) is 9.36 Å². The number of thiophene rings is 1. The van der Waals surface area contributed by atoms with Crippen molar-refractivity contribution in [2.75, 3.05) is 6.54 Å². The van der Waals surface area contributed by atoms with Crippen molar-refractivity contribution in [1.29, 1.82) is 0 Å². The quantitative estimate of drug-likeness (QED) is 0.871. The maximum absolute atomic E-state index is 11.2. The SMILES string of the molecule is C=C(Br)CNC(=O)c1cccs1. The number of hydrogen-bond donors (Lipinski definition) is 1. The molecular weight excluding hydrogens is 238 g/mol. The lowest BCUT2D eigenvalue weighted by Crippen LogP contribution is -2.23. The van der Waals surface area contributed by atoms with Crippen molar-refractivity contribution in [2.45, 2.75) is 0 Å². The van der Waals surface area contributed by atoms with Gasteiger partial charge in [0.25, 0.3) is 5.91 Å². The highest BCUT2D eigenvalue weighted by molar-refractivity contribution is 9.11. The van der Waals surface area contributed by atoms with Crippen molar-refractivity contribution >= 4 is 33.2 Å². The molecule has 1 amide bonds. The van der Waals surface area contributed by atoms with Gasteiger partial charge in [-0.3, -0.25) is 4.79 Å². The zero-order chi connectivity index (χ0) is 8.97. The van der Waals surface area contributed by atoms with Gasteiger partial charge in [-0.15, -0.1) is 11.3 Å². The molecule has 0 aliphatic rings. The molecule has 12 heavy (non-hydrogen) atoms. The highest BCUT2D eigenvalue weighted by Gasteiger charge is 2.04. The van der Waals surface area contributed by atoms with Gasteiger partial charge in [0.1, 0.15) is 0 Å². The summed E-state index contributed by atoms with van der Waals surface area (Å²) in [6.07, 6.45) is 0. The second-order valence-corrected chi connectivity index (χ2v) is 4.25. The number of nitrogens with one attached hydrogen (secondary N) is 1. The molecule has 0 atom stereocenters. The van der Waals surface area contributed by atoms with E-state index in [2.05, 4.69) is 27.8 Å². The van der Waals surface area contributed by atoms with Gasteiger partial charge in [0.2, 0.25) is 0 Å². The van der Waals surface area contributed by atoms with Crippen LogP contribution >= 0.6 is 27.3 Å². The van der Waals surface area contributed by atoms with E-state index in [1.54, 1.807) is 6.07 Å². The average Bonchev–Trinajstić information content (AvgIpc) is 2.51. The van der Waals surface area contributed by atoms with Crippen molar-refractivity contribution in [3.05, 3.63) is 33.5 Å². The largest absolute Gasteiger partial charge is 0.347 e. The van der Waals surface area contributed by atoms with E-state index in [9.17, 15) is 4.79 Å². The van der Waals surface area contributed by atoms with Gasteiger partial charge in [-0.1, -0.05) is 28.6 Å². The molecule has 0 aromatic carbocycles. The first kappa shape index (κ1) is 9.48. The second-order valence-electron chi connectivity index (χ2n) is 2.18. The van der Waals surface area contributed by atoms with Crippen LogP contribution in [-0.4, -0.2) is 12.5 Å². The third kappa shape index (κ3) is 2.79. The van der Waals surface area contributed by atoms with Crippen LogP contribution in [0.2, 0.25) is 0 Å². The summed E-state index contributed by atoms with van der Waals surface area (Å²) in [6, 6.07) is 3.64. The smallest absolute Gasteiger partial charge is 0.261 e. The summed E-state index contributed by atoms with van der Waals surface area (Å²) in [7, 11) is 0. The van der Waals surface area contributed by atoms with E-state index in [4.69, 9.17) is 0 Å². The van der Waals surface area contributed by atoms with E-state index in [1.165, 1.54) is 11.3 Å². The molecule has 0 unspecified atom stereocenters. The minimum absolute atomic E-state index is 0.0504. The Balaban J connectivity index is 2.45. The molecule has 0 spiro atoms. The summed E-state index contributed by atoms with van der Waals surface area (Å²) in [5, 5.41) is 4.58. The van der Waals surface area contributed by atoms with Gasteiger partial charge in [-0.2, -0.15) is 0 Å². The Morgan fingerprint density at radius 3 is 3.00 bits per heavy atom. The predicted octanol–water partition coefficient (Wildman–Crippen LogP) is 2.39. The van der Waals surface area contributed by atoms with E-state index in [1.807, 2.05) is 11.4 Å². The van der Waals surface area contributed by atoms with Crippen LogP contribution < -0.4 is 5.32 Å². The van der Waals surface area contributed by atoms with E-state index in [-0.39, 0.29) is 5.91 Å². The second kappa shape index (κ2) is 4.42. The molecule has 0 aliphatic carbocycles. The first-order chi connectivity index (χ1) is 5.70. The summed E-state index contributed by atoms with van der Waals surface area (Å²) in [6.45, 7) is 4.08. The van der Waals surface area contributed by atoms with E-state index in [0.29, 0.717) is 6.54 Å². The highest BCUT2D eigenvalue weighted by atomic mass is 79.9. The summed E-state index contributed by atoms with van der Waals surface area (Å²) in [5.41, 5.74) is 0. The summed E-state index contributed by atoms with van der Waals surface area (Å²) < 4.78 is 0.771. The fourth-order valence-electron chi connectivity index (χ4n) is 0.671. The van der Waals surface area contributed by atoms with Gasteiger partial charge in [0.05, 0.1) is 4.88 Å². The third-order valence-electron chi connectivity index (χ3n) is 1.19. The first-order valence-electron chi connectivity index (χ1n) is 3.35.